The monoisotopic (exact) mass is 151 g/mol. The van der Waals surface area contributed by atoms with Crippen LogP contribution in [0.4, 0.5) is 0 Å². The van der Waals surface area contributed by atoms with Crippen molar-refractivity contribution in [3.8, 4) is 6.07 Å². The van der Waals surface area contributed by atoms with Crippen LogP contribution in [0, 0.1) is 11.3 Å². The van der Waals surface area contributed by atoms with E-state index >= 15 is 0 Å². The second-order valence-electron chi connectivity index (χ2n) is 1.09. The van der Waals surface area contributed by atoms with Crippen LogP contribution in [0.15, 0.2) is 0 Å². The zero-order valence-corrected chi connectivity index (χ0v) is 6.14. The largest absolute Gasteiger partial charge is 0.286 e. The van der Waals surface area contributed by atoms with E-state index in [0.29, 0.717) is 0 Å². The Hall–Kier alpha value is -0.600. The van der Waals surface area contributed by atoms with Crippen molar-refractivity contribution in [2.45, 2.75) is 13.8 Å². The van der Waals surface area contributed by atoms with Gasteiger partial charge in [-0.1, -0.05) is 0 Å². The molecule has 9 heavy (non-hydrogen) atoms. The third-order valence-corrected chi connectivity index (χ3v) is 1.09. The second kappa shape index (κ2) is 5.54. The van der Waals surface area contributed by atoms with Crippen molar-refractivity contribution < 1.29 is 13.0 Å². The molecule has 0 spiro atoms. The van der Waals surface area contributed by atoms with Crippen molar-refractivity contribution in [2.75, 3.05) is 5.75 Å². The van der Waals surface area contributed by atoms with Gasteiger partial charge in [0.1, 0.15) is 0 Å². The van der Waals surface area contributed by atoms with E-state index < -0.39 is 10.1 Å². The minimum absolute atomic E-state index is 0.201. The summed E-state index contributed by atoms with van der Waals surface area (Å²) in [5.74, 6) is -0.201. The molecule has 0 fully saturated rings. The van der Waals surface area contributed by atoms with Gasteiger partial charge in [0.05, 0.1) is 11.8 Å². The lowest BCUT2D eigenvalue weighted by Gasteiger charge is -1.79. The molecule has 4 nitrogen and oxygen atoms in total. The molecule has 0 atom stereocenters. The molecule has 0 aliphatic heterocycles. The van der Waals surface area contributed by atoms with Crippen molar-refractivity contribution in [1.82, 2.24) is 0 Å². The SMILES string of the molecule is CC#N.CCS(=O)(=O)O. The zero-order valence-electron chi connectivity index (χ0n) is 5.33. The molecule has 0 aromatic carbocycles. The first kappa shape index (κ1) is 11.2. The summed E-state index contributed by atoms with van der Waals surface area (Å²) in [6.07, 6.45) is 0. The van der Waals surface area contributed by atoms with Crippen molar-refractivity contribution in [3.63, 3.8) is 0 Å². The molecule has 0 saturated heterocycles. The minimum atomic E-state index is -3.66. The topological polar surface area (TPSA) is 78.2 Å². The van der Waals surface area contributed by atoms with Gasteiger partial charge in [-0.2, -0.15) is 13.7 Å². The predicted molar refractivity (Wildman–Crippen MR) is 33.4 cm³/mol. The van der Waals surface area contributed by atoms with Gasteiger partial charge in [0, 0.05) is 6.92 Å². The summed E-state index contributed by atoms with van der Waals surface area (Å²) < 4.78 is 26.9. The smallest absolute Gasteiger partial charge is 0.264 e. The number of hydrogen-bond acceptors (Lipinski definition) is 3. The Bertz CT molecular complexity index is 176. The van der Waals surface area contributed by atoms with Gasteiger partial charge in [-0.3, -0.25) is 4.55 Å². The van der Waals surface area contributed by atoms with E-state index in [9.17, 15) is 8.42 Å². The summed E-state index contributed by atoms with van der Waals surface area (Å²) in [5, 5.41) is 7.32. The standard InChI is InChI=1S/C2H3N.C2H6O3S/c1-2-3;1-2-6(3,4)5/h1H3;2H2,1H3,(H,3,4,5). The second-order valence-corrected chi connectivity index (χ2v) is 2.84. The van der Waals surface area contributed by atoms with Crippen molar-refractivity contribution in [2.24, 2.45) is 0 Å². The molecule has 0 heterocycles. The van der Waals surface area contributed by atoms with Crippen LogP contribution in [-0.2, 0) is 10.1 Å². The normalized spacial score (nSPS) is 8.67. The van der Waals surface area contributed by atoms with Crippen molar-refractivity contribution in [3.05, 3.63) is 0 Å². The Balaban J connectivity index is 0. The summed E-state index contributed by atoms with van der Waals surface area (Å²) in [6.45, 7) is 2.80. The Labute approximate surface area is 54.9 Å². The lowest BCUT2D eigenvalue weighted by atomic mass is 11.0. The van der Waals surface area contributed by atoms with Crippen molar-refractivity contribution in [1.29, 1.82) is 5.26 Å². The lowest BCUT2D eigenvalue weighted by Crippen LogP contribution is -1.97. The third kappa shape index (κ3) is 37.5. The van der Waals surface area contributed by atoms with Crippen LogP contribution in [-0.4, -0.2) is 18.7 Å². The van der Waals surface area contributed by atoms with Gasteiger partial charge >= 0.3 is 0 Å². The molecule has 0 unspecified atom stereocenters. The van der Waals surface area contributed by atoms with E-state index in [2.05, 4.69) is 0 Å². The molecule has 0 aliphatic rings. The van der Waals surface area contributed by atoms with E-state index in [-0.39, 0.29) is 5.75 Å². The first-order chi connectivity index (χ1) is 3.97. The van der Waals surface area contributed by atoms with Crippen LogP contribution in [0.3, 0.4) is 0 Å². The average Bonchev–Trinajstić information content (AvgIpc) is 1.67. The highest BCUT2D eigenvalue weighted by molar-refractivity contribution is 7.85. The molecule has 5 heteroatoms. The number of rotatable bonds is 1. The fraction of sp³-hybridized carbons (Fsp3) is 0.750. The van der Waals surface area contributed by atoms with Gasteiger partial charge < -0.3 is 0 Å². The van der Waals surface area contributed by atoms with E-state index in [1.54, 1.807) is 6.07 Å². The van der Waals surface area contributed by atoms with Gasteiger partial charge in [-0.15, -0.1) is 0 Å². The maximum atomic E-state index is 9.56. The van der Waals surface area contributed by atoms with Crippen molar-refractivity contribution >= 4 is 10.1 Å². The quantitative estimate of drug-likeness (QED) is 0.551. The summed E-state index contributed by atoms with van der Waals surface area (Å²) in [7, 11) is -3.66. The van der Waals surface area contributed by atoms with E-state index in [1.807, 2.05) is 0 Å². The van der Waals surface area contributed by atoms with Gasteiger partial charge in [-0.05, 0) is 6.92 Å². The number of hydrogen-bond donors (Lipinski definition) is 1. The summed E-state index contributed by atoms with van der Waals surface area (Å²) in [5.41, 5.74) is 0. The molecular weight excluding hydrogens is 142 g/mol. The van der Waals surface area contributed by atoms with Crippen LogP contribution in [0.2, 0.25) is 0 Å². The Morgan fingerprint density at radius 1 is 1.67 bits per heavy atom. The summed E-state index contributed by atoms with van der Waals surface area (Å²) >= 11 is 0. The maximum Gasteiger partial charge on any atom is 0.264 e. The van der Waals surface area contributed by atoms with E-state index in [4.69, 9.17) is 9.81 Å². The third-order valence-electron chi connectivity index (χ3n) is 0.365. The van der Waals surface area contributed by atoms with E-state index in [1.165, 1.54) is 13.8 Å². The highest BCUT2D eigenvalue weighted by Crippen LogP contribution is 1.74. The maximum absolute atomic E-state index is 9.56. The van der Waals surface area contributed by atoms with Crippen LogP contribution >= 0.6 is 0 Å². The fourth-order valence-electron chi connectivity index (χ4n) is 0. The van der Waals surface area contributed by atoms with Crippen LogP contribution < -0.4 is 0 Å². The average molecular weight is 151 g/mol. The Kier molecular flexibility index (Phi) is 6.91. The fourth-order valence-corrected chi connectivity index (χ4v) is 0. The number of nitriles is 1. The molecule has 54 valence electrons. The molecule has 0 aromatic rings. The molecule has 0 rings (SSSR count). The number of nitrogens with zero attached hydrogens (tertiary/aromatic N) is 1. The molecular formula is C4H9NO3S. The van der Waals surface area contributed by atoms with Gasteiger partial charge in [-0.25, -0.2) is 0 Å². The highest BCUT2D eigenvalue weighted by atomic mass is 32.2. The predicted octanol–water partition coefficient (Wildman–Crippen LogP) is 0.424. The zero-order chi connectivity index (χ0) is 7.91. The van der Waals surface area contributed by atoms with Crippen LogP contribution in [0.1, 0.15) is 13.8 Å². The molecule has 0 amide bonds. The molecule has 0 radical (unpaired) electrons. The van der Waals surface area contributed by atoms with Gasteiger partial charge in [0.2, 0.25) is 0 Å². The summed E-state index contributed by atoms with van der Waals surface area (Å²) in [6, 6.07) is 1.75. The molecule has 0 aliphatic carbocycles. The Morgan fingerprint density at radius 3 is 1.78 bits per heavy atom. The molecule has 0 saturated carbocycles. The van der Waals surface area contributed by atoms with Gasteiger partial charge in [0.25, 0.3) is 10.1 Å². The molecule has 1 N–H and O–H groups in total. The van der Waals surface area contributed by atoms with Crippen LogP contribution in [0.5, 0.6) is 0 Å². The van der Waals surface area contributed by atoms with E-state index in [0.717, 1.165) is 0 Å². The molecule has 0 aromatic heterocycles. The highest BCUT2D eigenvalue weighted by Gasteiger charge is 1.93. The first-order valence-electron chi connectivity index (χ1n) is 2.24. The Morgan fingerprint density at radius 2 is 1.78 bits per heavy atom. The van der Waals surface area contributed by atoms with Gasteiger partial charge in [0.15, 0.2) is 0 Å². The molecule has 0 bridgehead atoms. The van der Waals surface area contributed by atoms with Crippen LogP contribution in [0.25, 0.3) is 0 Å². The summed E-state index contributed by atoms with van der Waals surface area (Å²) in [4.78, 5) is 0. The lowest BCUT2D eigenvalue weighted by molar-refractivity contribution is 0.484. The first-order valence-corrected chi connectivity index (χ1v) is 3.84. The minimum Gasteiger partial charge on any atom is -0.286 e.